The maximum atomic E-state index is 12.4. The van der Waals surface area contributed by atoms with Gasteiger partial charge in [0.2, 0.25) is 5.90 Å². The van der Waals surface area contributed by atoms with Gasteiger partial charge in [-0.2, -0.15) is 0 Å². The van der Waals surface area contributed by atoms with Crippen LogP contribution in [0.3, 0.4) is 0 Å². The average Bonchev–Trinajstić information content (AvgIpc) is 3.16. The standard InChI is InChI=1S/C26H21BrINO4/c1-3-31-24-13-18(8-11-23(24)32-15-17-6-4-16(2)5-7-17)12-22-26(30)33-25(29-22)19-9-10-21(28)20(27)14-19/h4-14H,3,15H2,1-2H3/b22-12-. The number of halogens is 2. The van der Waals surface area contributed by atoms with Gasteiger partial charge in [0.25, 0.3) is 0 Å². The Bertz CT molecular complexity index is 1250. The molecule has 33 heavy (non-hydrogen) atoms. The first-order valence-corrected chi connectivity index (χ1v) is 12.2. The van der Waals surface area contributed by atoms with Crippen molar-refractivity contribution in [2.75, 3.05) is 6.61 Å². The van der Waals surface area contributed by atoms with Crippen molar-refractivity contribution < 1.29 is 19.0 Å². The van der Waals surface area contributed by atoms with Gasteiger partial charge in [-0.1, -0.05) is 35.9 Å². The molecule has 168 valence electrons. The molecule has 1 aliphatic heterocycles. The zero-order chi connectivity index (χ0) is 23.4. The number of hydrogen-bond acceptors (Lipinski definition) is 5. The van der Waals surface area contributed by atoms with E-state index in [0.717, 1.165) is 24.7 Å². The van der Waals surface area contributed by atoms with Gasteiger partial charge < -0.3 is 14.2 Å². The smallest absolute Gasteiger partial charge is 0.363 e. The lowest BCUT2D eigenvalue weighted by Gasteiger charge is -2.13. The van der Waals surface area contributed by atoms with Crippen molar-refractivity contribution in [3.63, 3.8) is 0 Å². The number of carbonyl (C=O) groups is 1. The van der Waals surface area contributed by atoms with E-state index >= 15 is 0 Å². The molecule has 0 unspecified atom stereocenters. The van der Waals surface area contributed by atoms with E-state index in [2.05, 4.69) is 62.6 Å². The van der Waals surface area contributed by atoms with Crippen LogP contribution in [0.15, 0.2) is 75.8 Å². The molecule has 0 fully saturated rings. The summed E-state index contributed by atoms with van der Waals surface area (Å²) in [5, 5.41) is 0. The summed E-state index contributed by atoms with van der Waals surface area (Å²) in [5.41, 5.74) is 4.01. The number of hydrogen-bond donors (Lipinski definition) is 0. The Balaban J connectivity index is 1.56. The zero-order valence-electron chi connectivity index (χ0n) is 18.1. The first-order valence-electron chi connectivity index (χ1n) is 10.4. The fourth-order valence-corrected chi connectivity index (χ4v) is 3.88. The molecule has 0 spiro atoms. The zero-order valence-corrected chi connectivity index (χ0v) is 21.8. The van der Waals surface area contributed by atoms with Gasteiger partial charge in [-0.3, -0.25) is 0 Å². The van der Waals surface area contributed by atoms with Gasteiger partial charge in [0.1, 0.15) is 6.61 Å². The Labute approximate surface area is 214 Å². The lowest BCUT2D eigenvalue weighted by Crippen LogP contribution is -2.05. The average molecular weight is 618 g/mol. The second kappa shape index (κ2) is 10.5. The van der Waals surface area contributed by atoms with Gasteiger partial charge in [0.05, 0.1) is 6.61 Å². The third-order valence-corrected chi connectivity index (χ3v) is 7.21. The van der Waals surface area contributed by atoms with Gasteiger partial charge >= 0.3 is 5.97 Å². The van der Waals surface area contributed by atoms with Crippen molar-refractivity contribution in [2.45, 2.75) is 20.5 Å². The molecule has 0 bridgehead atoms. The van der Waals surface area contributed by atoms with E-state index in [1.807, 2.05) is 55.5 Å². The van der Waals surface area contributed by atoms with E-state index in [9.17, 15) is 4.79 Å². The highest BCUT2D eigenvalue weighted by molar-refractivity contribution is 14.1. The lowest BCUT2D eigenvalue weighted by molar-refractivity contribution is -0.129. The van der Waals surface area contributed by atoms with Crippen LogP contribution in [0.2, 0.25) is 0 Å². The van der Waals surface area contributed by atoms with Crippen LogP contribution in [0.1, 0.15) is 29.2 Å². The minimum absolute atomic E-state index is 0.232. The Morgan fingerprint density at radius 3 is 2.55 bits per heavy atom. The summed E-state index contributed by atoms with van der Waals surface area (Å²) in [6, 6.07) is 19.4. The fraction of sp³-hybridized carbons (Fsp3) is 0.154. The molecule has 0 saturated carbocycles. The Morgan fingerprint density at radius 2 is 1.82 bits per heavy atom. The molecule has 1 heterocycles. The van der Waals surface area contributed by atoms with E-state index in [0.29, 0.717) is 24.7 Å². The summed E-state index contributed by atoms with van der Waals surface area (Å²) in [7, 11) is 0. The molecule has 3 aromatic carbocycles. The molecule has 1 aliphatic rings. The molecule has 0 N–H and O–H groups in total. The molecule has 0 amide bonds. The highest BCUT2D eigenvalue weighted by Gasteiger charge is 2.24. The molecule has 4 rings (SSSR count). The molecule has 5 nitrogen and oxygen atoms in total. The molecular weight excluding hydrogens is 597 g/mol. The first-order chi connectivity index (χ1) is 15.9. The van der Waals surface area contributed by atoms with Gasteiger partial charge in [0, 0.05) is 13.6 Å². The number of carbonyl (C=O) groups excluding carboxylic acids is 1. The minimum atomic E-state index is -0.489. The minimum Gasteiger partial charge on any atom is -0.490 e. The van der Waals surface area contributed by atoms with Crippen molar-refractivity contribution in [1.82, 2.24) is 0 Å². The van der Waals surface area contributed by atoms with E-state index in [4.69, 9.17) is 14.2 Å². The van der Waals surface area contributed by atoms with Crippen LogP contribution in [0.5, 0.6) is 11.5 Å². The van der Waals surface area contributed by atoms with E-state index in [1.165, 1.54) is 5.56 Å². The van der Waals surface area contributed by atoms with Crippen molar-refractivity contribution in [2.24, 2.45) is 4.99 Å². The summed E-state index contributed by atoms with van der Waals surface area (Å²) in [6.45, 7) is 4.90. The van der Waals surface area contributed by atoms with Crippen LogP contribution in [-0.4, -0.2) is 18.5 Å². The first kappa shape index (κ1) is 23.5. The third kappa shape index (κ3) is 5.83. The quantitative estimate of drug-likeness (QED) is 0.169. The van der Waals surface area contributed by atoms with E-state index in [-0.39, 0.29) is 11.6 Å². The summed E-state index contributed by atoms with van der Waals surface area (Å²) in [6.07, 6.45) is 1.68. The number of ether oxygens (including phenoxy) is 3. The Hall–Kier alpha value is -2.65. The number of cyclic esters (lactones) is 1. The summed E-state index contributed by atoms with van der Waals surface area (Å²) < 4.78 is 19.1. The van der Waals surface area contributed by atoms with Crippen molar-refractivity contribution in [3.05, 3.63) is 96.7 Å². The SMILES string of the molecule is CCOc1cc(/C=C2\N=C(c3ccc(I)c(Br)c3)OC2=O)ccc1OCc1ccc(C)cc1. The molecule has 0 aromatic heterocycles. The van der Waals surface area contributed by atoms with Crippen LogP contribution < -0.4 is 9.47 Å². The fourth-order valence-electron chi connectivity index (χ4n) is 3.17. The van der Waals surface area contributed by atoms with Crippen LogP contribution >= 0.6 is 38.5 Å². The van der Waals surface area contributed by atoms with Gasteiger partial charge in [-0.25, -0.2) is 9.79 Å². The molecular formula is C26H21BrINO4. The second-order valence-corrected chi connectivity index (χ2v) is 9.39. The maximum absolute atomic E-state index is 12.4. The Morgan fingerprint density at radius 1 is 1.03 bits per heavy atom. The van der Waals surface area contributed by atoms with Gasteiger partial charge in [0.15, 0.2) is 17.2 Å². The molecule has 0 saturated heterocycles. The van der Waals surface area contributed by atoms with Gasteiger partial charge in [-0.15, -0.1) is 0 Å². The third-order valence-electron chi connectivity index (χ3n) is 4.87. The maximum Gasteiger partial charge on any atom is 0.363 e. The molecule has 7 heteroatoms. The second-order valence-electron chi connectivity index (χ2n) is 7.38. The number of rotatable bonds is 7. The number of benzene rings is 3. The summed E-state index contributed by atoms with van der Waals surface area (Å²) in [4.78, 5) is 16.8. The number of esters is 1. The van der Waals surface area contributed by atoms with Crippen molar-refractivity contribution in [3.8, 4) is 11.5 Å². The van der Waals surface area contributed by atoms with E-state index in [1.54, 1.807) is 6.08 Å². The topological polar surface area (TPSA) is 57.1 Å². The van der Waals surface area contributed by atoms with Gasteiger partial charge in [-0.05, 0) is 99.9 Å². The summed E-state index contributed by atoms with van der Waals surface area (Å²) >= 11 is 5.72. The van der Waals surface area contributed by atoms with Crippen LogP contribution in [-0.2, 0) is 16.1 Å². The number of aliphatic imine (C=N–C) groups is 1. The predicted octanol–water partition coefficient (Wildman–Crippen LogP) is 6.68. The van der Waals surface area contributed by atoms with Crippen molar-refractivity contribution >= 4 is 56.5 Å². The number of aryl methyl sites for hydroxylation is 1. The van der Waals surface area contributed by atoms with E-state index < -0.39 is 5.97 Å². The van der Waals surface area contributed by atoms with Crippen LogP contribution in [0, 0.1) is 10.5 Å². The van der Waals surface area contributed by atoms with Crippen LogP contribution in [0.4, 0.5) is 0 Å². The molecule has 0 aliphatic carbocycles. The highest BCUT2D eigenvalue weighted by atomic mass is 127. The predicted molar refractivity (Wildman–Crippen MR) is 141 cm³/mol. The van der Waals surface area contributed by atoms with Crippen LogP contribution in [0.25, 0.3) is 6.08 Å². The molecule has 3 aromatic rings. The number of nitrogens with zero attached hydrogens (tertiary/aromatic N) is 1. The molecule has 0 atom stereocenters. The highest BCUT2D eigenvalue weighted by Crippen LogP contribution is 2.31. The summed E-state index contributed by atoms with van der Waals surface area (Å²) in [5.74, 6) is 1.04. The molecule has 0 radical (unpaired) electrons. The normalized spacial score (nSPS) is 14.2. The lowest BCUT2D eigenvalue weighted by atomic mass is 10.1. The van der Waals surface area contributed by atoms with Crippen molar-refractivity contribution in [1.29, 1.82) is 0 Å². The monoisotopic (exact) mass is 617 g/mol. The largest absolute Gasteiger partial charge is 0.490 e. The Kier molecular flexibility index (Phi) is 7.49.